The van der Waals surface area contributed by atoms with Gasteiger partial charge in [-0.15, -0.1) is 0 Å². The molecule has 1 aliphatic heterocycles. The monoisotopic (exact) mass is 414 g/mol. The molecule has 0 atom stereocenters. The Morgan fingerprint density at radius 1 is 1.13 bits per heavy atom. The van der Waals surface area contributed by atoms with Crippen LogP contribution in [0.5, 0.6) is 11.5 Å². The van der Waals surface area contributed by atoms with Crippen LogP contribution in [0.25, 0.3) is 11.3 Å². The number of piperidine rings is 1. The number of benzene rings is 1. The van der Waals surface area contributed by atoms with Gasteiger partial charge in [-0.3, -0.25) is 9.48 Å². The average Bonchev–Trinajstić information content (AvgIpc) is 3.16. The number of amides is 1. The molecule has 1 aromatic heterocycles. The lowest BCUT2D eigenvalue weighted by atomic mass is 10.1. The summed E-state index contributed by atoms with van der Waals surface area (Å²) in [7, 11) is 3.27. The highest BCUT2D eigenvalue weighted by Crippen LogP contribution is 2.38. The Bertz CT molecular complexity index is 819. The Balaban J connectivity index is 1.82. The fourth-order valence-corrected chi connectivity index (χ4v) is 3.92. The summed E-state index contributed by atoms with van der Waals surface area (Å²) in [5.74, 6) is 1.61. The summed E-state index contributed by atoms with van der Waals surface area (Å²) in [6.45, 7) is 8.70. The summed E-state index contributed by atoms with van der Waals surface area (Å²) >= 11 is 0. The third kappa shape index (κ3) is 5.33. The van der Waals surface area contributed by atoms with Crippen molar-refractivity contribution >= 4 is 5.91 Å². The van der Waals surface area contributed by atoms with E-state index in [1.165, 1.54) is 19.3 Å². The second-order valence-corrected chi connectivity index (χ2v) is 8.19. The van der Waals surface area contributed by atoms with Gasteiger partial charge in [0.2, 0.25) is 0 Å². The number of aromatic nitrogens is 2. The number of carbonyl (C=O) groups is 1. The molecule has 0 saturated carbocycles. The molecule has 1 amide bonds. The Labute approximate surface area is 179 Å². The fourth-order valence-electron chi connectivity index (χ4n) is 3.92. The van der Waals surface area contributed by atoms with Gasteiger partial charge in [-0.05, 0) is 50.0 Å². The molecular weight excluding hydrogens is 380 g/mol. The number of nitrogens with zero attached hydrogens (tertiary/aromatic N) is 3. The minimum Gasteiger partial charge on any atom is -0.496 e. The van der Waals surface area contributed by atoms with Gasteiger partial charge in [0.05, 0.1) is 25.5 Å². The maximum absolute atomic E-state index is 12.8. The molecule has 1 saturated heterocycles. The number of hydrogen-bond donors (Lipinski definition) is 1. The third-order valence-electron chi connectivity index (χ3n) is 5.40. The predicted molar refractivity (Wildman–Crippen MR) is 118 cm³/mol. The topological polar surface area (TPSA) is 68.6 Å². The largest absolute Gasteiger partial charge is 0.496 e. The second kappa shape index (κ2) is 10.5. The van der Waals surface area contributed by atoms with Gasteiger partial charge >= 0.3 is 0 Å². The van der Waals surface area contributed by atoms with Crippen molar-refractivity contribution in [2.24, 2.45) is 5.92 Å². The number of nitrogens with one attached hydrogen (secondary N) is 1. The number of rotatable bonds is 9. The van der Waals surface area contributed by atoms with Gasteiger partial charge in [0.15, 0.2) is 5.69 Å². The van der Waals surface area contributed by atoms with Gasteiger partial charge in [0.25, 0.3) is 5.91 Å². The maximum atomic E-state index is 12.8. The van der Waals surface area contributed by atoms with Crippen LogP contribution in [0.3, 0.4) is 0 Å². The standard InChI is InChI=1S/C23H34N4O3/c1-17(2)16-27-19(22-20(29-3)9-8-10-21(22)30-4)15-18(25-27)23(28)24-11-14-26-12-6-5-7-13-26/h8-10,15,17H,5-7,11-14,16H2,1-4H3,(H,24,28). The first-order valence-electron chi connectivity index (χ1n) is 10.8. The van der Waals surface area contributed by atoms with E-state index in [4.69, 9.17) is 9.47 Å². The zero-order valence-corrected chi connectivity index (χ0v) is 18.6. The maximum Gasteiger partial charge on any atom is 0.271 e. The first-order valence-corrected chi connectivity index (χ1v) is 10.8. The van der Waals surface area contributed by atoms with Crippen LogP contribution in [-0.4, -0.2) is 61.0 Å². The van der Waals surface area contributed by atoms with E-state index in [1.54, 1.807) is 14.2 Å². The zero-order valence-electron chi connectivity index (χ0n) is 18.6. The van der Waals surface area contributed by atoms with Crippen molar-refractivity contribution < 1.29 is 14.3 Å². The summed E-state index contributed by atoms with van der Waals surface area (Å²) in [6.07, 6.45) is 3.81. The number of ether oxygens (including phenoxy) is 2. The van der Waals surface area contributed by atoms with E-state index in [-0.39, 0.29) is 5.91 Å². The van der Waals surface area contributed by atoms with E-state index < -0.39 is 0 Å². The molecule has 0 spiro atoms. The quantitative estimate of drug-likeness (QED) is 0.681. The SMILES string of the molecule is COc1cccc(OC)c1-c1cc(C(=O)NCCN2CCCCC2)nn1CC(C)C. The molecule has 1 N–H and O–H groups in total. The van der Waals surface area contributed by atoms with Crippen molar-refractivity contribution in [3.8, 4) is 22.8 Å². The normalized spacial score (nSPS) is 14.7. The highest BCUT2D eigenvalue weighted by atomic mass is 16.5. The molecule has 7 heteroatoms. The van der Waals surface area contributed by atoms with Crippen LogP contribution in [-0.2, 0) is 6.54 Å². The first kappa shape index (κ1) is 22.2. The molecule has 0 radical (unpaired) electrons. The highest BCUT2D eigenvalue weighted by Gasteiger charge is 2.22. The zero-order chi connectivity index (χ0) is 21.5. The molecule has 2 heterocycles. The molecule has 7 nitrogen and oxygen atoms in total. The summed E-state index contributed by atoms with van der Waals surface area (Å²) in [4.78, 5) is 15.2. The second-order valence-electron chi connectivity index (χ2n) is 8.19. The van der Waals surface area contributed by atoms with Crippen LogP contribution >= 0.6 is 0 Å². The van der Waals surface area contributed by atoms with E-state index in [0.717, 1.165) is 30.9 Å². The lowest BCUT2D eigenvalue weighted by Crippen LogP contribution is -2.37. The Morgan fingerprint density at radius 2 is 1.80 bits per heavy atom. The molecule has 1 fully saturated rings. The van der Waals surface area contributed by atoms with Gasteiger partial charge in [0.1, 0.15) is 11.5 Å². The van der Waals surface area contributed by atoms with Crippen molar-refractivity contribution in [2.75, 3.05) is 40.4 Å². The Hall–Kier alpha value is -2.54. The number of likely N-dealkylation sites (tertiary alicyclic amines) is 1. The molecule has 2 aromatic rings. The number of hydrogen-bond acceptors (Lipinski definition) is 5. The molecule has 3 rings (SSSR count). The van der Waals surface area contributed by atoms with Crippen LogP contribution in [0, 0.1) is 5.92 Å². The first-order chi connectivity index (χ1) is 14.5. The van der Waals surface area contributed by atoms with Gasteiger partial charge in [-0.25, -0.2) is 0 Å². The van der Waals surface area contributed by atoms with Crippen LogP contribution in [0.4, 0.5) is 0 Å². The molecule has 0 aliphatic carbocycles. The van der Waals surface area contributed by atoms with Crippen molar-refractivity contribution in [3.63, 3.8) is 0 Å². The average molecular weight is 415 g/mol. The summed E-state index contributed by atoms with van der Waals surface area (Å²) in [5, 5.41) is 7.65. The van der Waals surface area contributed by atoms with Crippen LogP contribution < -0.4 is 14.8 Å². The van der Waals surface area contributed by atoms with Crippen molar-refractivity contribution in [2.45, 2.75) is 39.7 Å². The van der Waals surface area contributed by atoms with Crippen molar-refractivity contribution in [3.05, 3.63) is 30.0 Å². The number of carbonyl (C=O) groups excluding carboxylic acids is 1. The fraction of sp³-hybridized carbons (Fsp3) is 0.565. The summed E-state index contributed by atoms with van der Waals surface area (Å²) in [5.41, 5.74) is 2.04. The minimum atomic E-state index is -0.148. The third-order valence-corrected chi connectivity index (χ3v) is 5.40. The Kier molecular flexibility index (Phi) is 7.74. The van der Waals surface area contributed by atoms with Gasteiger partial charge in [0, 0.05) is 19.6 Å². The van der Waals surface area contributed by atoms with E-state index in [0.29, 0.717) is 36.2 Å². The summed E-state index contributed by atoms with van der Waals surface area (Å²) < 4.78 is 13.0. The highest BCUT2D eigenvalue weighted by molar-refractivity contribution is 5.94. The lowest BCUT2D eigenvalue weighted by molar-refractivity contribution is 0.0940. The summed E-state index contributed by atoms with van der Waals surface area (Å²) in [6, 6.07) is 7.50. The Morgan fingerprint density at radius 3 is 2.40 bits per heavy atom. The molecular formula is C23H34N4O3. The van der Waals surface area contributed by atoms with Gasteiger partial charge < -0.3 is 19.7 Å². The lowest BCUT2D eigenvalue weighted by Gasteiger charge is -2.26. The van der Waals surface area contributed by atoms with Crippen molar-refractivity contribution in [1.82, 2.24) is 20.0 Å². The van der Waals surface area contributed by atoms with E-state index >= 15 is 0 Å². The molecule has 0 unspecified atom stereocenters. The number of methoxy groups -OCH3 is 2. The molecule has 164 valence electrons. The van der Waals surface area contributed by atoms with E-state index in [1.807, 2.05) is 28.9 Å². The molecule has 0 bridgehead atoms. The van der Waals surface area contributed by atoms with Crippen LogP contribution in [0.15, 0.2) is 24.3 Å². The van der Waals surface area contributed by atoms with Crippen LogP contribution in [0.2, 0.25) is 0 Å². The van der Waals surface area contributed by atoms with Crippen molar-refractivity contribution in [1.29, 1.82) is 0 Å². The van der Waals surface area contributed by atoms with E-state index in [9.17, 15) is 4.79 Å². The minimum absolute atomic E-state index is 0.148. The molecule has 30 heavy (non-hydrogen) atoms. The van der Waals surface area contributed by atoms with Gasteiger partial charge in [-0.2, -0.15) is 5.10 Å². The van der Waals surface area contributed by atoms with E-state index in [2.05, 4.69) is 29.2 Å². The van der Waals surface area contributed by atoms with Crippen LogP contribution in [0.1, 0.15) is 43.6 Å². The smallest absolute Gasteiger partial charge is 0.271 e. The molecule has 1 aliphatic rings. The molecule has 1 aromatic carbocycles. The van der Waals surface area contributed by atoms with Gasteiger partial charge in [-0.1, -0.05) is 26.3 Å². The predicted octanol–water partition coefficient (Wildman–Crippen LogP) is 3.44.